The molecule has 0 saturated heterocycles. The van der Waals surface area contributed by atoms with Gasteiger partial charge in [-0.15, -0.1) is 0 Å². The quantitative estimate of drug-likeness (QED) is 0.686. The van der Waals surface area contributed by atoms with Crippen molar-refractivity contribution in [3.8, 4) is 0 Å². The molecule has 6 nitrogen and oxygen atoms in total. The first-order valence-corrected chi connectivity index (χ1v) is 8.41. The molecule has 0 fully saturated rings. The summed E-state index contributed by atoms with van der Waals surface area (Å²) in [7, 11) is 1.62. The first kappa shape index (κ1) is 18.4. The second-order valence-electron chi connectivity index (χ2n) is 6.05. The molecule has 0 atom stereocenters. The highest BCUT2D eigenvalue weighted by Crippen LogP contribution is 2.20. The molecule has 0 spiro atoms. The van der Waals surface area contributed by atoms with Crippen LogP contribution in [0.1, 0.15) is 32.0 Å². The Morgan fingerprint density at radius 3 is 2.59 bits per heavy atom. The van der Waals surface area contributed by atoms with Gasteiger partial charge in [0.15, 0.2) is 5.76 Å². The Morgan fingerprint density at radius 1 is 1.00 bits per heavy atom. The molecular formula is C21H20N2O4. The van der Waals surface area contributed by atoms with Crippen molar-refractivity contribution in [3.05, 3.63) is 83.3 Å². The van der Waals surface area contributed by atoms with Gasteiger partial charge in [-0.3, -0.25) is 9.59 Å². The molecule has 0 aliphatic carbocycles. The molecule has 0 saturated carbocycles. The van der Waals surface area contributed by atoms with Crippen LogP contribution in [0.25, 0.3) is 0 Å². The Bertz CT molecular complexity index is 949. The van der Waals surface area contributed by atoms with E-state index in [0.29, 0.717) is 23.5 Å². The lowest BCUT2D eigenvalue weighted by molar-refractivity contribution is 0.0993. The fraction of sp³-hybridized carbons (Fsp3) is 0.143. The SMILES string of the molecule is COCc1cccc(NC(=O)c2ccc(C)c(NC(=O)c3ccco3)c2)c1. The second-order valence-corrected chi connectivity index (χ2v) is 6.05. The predicted octanol–water partition coefficient (Wildman–Crippen LogP) is 4.24. The molecule has 27 heavy (non-hydrogen) atoms. The molecule has 2 amide bonds. The van der Waals surface area contributed by atoms with Gasteiger partial charge in [0.1, 0.15) is 0 Å². The average molecular weight is 364 g/mol. The average Bonchev–Trinajstić information content (AvgIpc) is 3.19. The third kappa shape index (κ3) is 4.62. The van der Waals surface area contributed by atoms with Crippen molar-refractivity contribution in [2.24, 2.45) is 0 Å². The Hall–Kier alpha value is -3.38. The fourth-order valence-corrected chi connectivity index (χ4v) is 2.60. The molecule has 2 aromatic carbocycles. The highest BCUT2D eigenvalue weighted by atomic mass is 16.5. The molecule has 0 bridgehead atoms. The molecule has 1 aromatic heterocycles. The molecule has 3 aromatic rings. The van der Waals surface area contributed by atoms with Crippen LogP contribution >= 0.6 is 0 Å². The lowest BCUT2D eigenvalue weighted by atomic mass is 10.1. The van der Waals surface area contributed by atoms with E-state index in [1.807, 2.05) is 31.2 Å². The number of carbonyl (C=O) groups is 2. The van der Waals surface area contributed by atoms with E-state index in [9.17, 15) is 9.59 Å². The highest BCUT2D eigenvalue weighted by Gasteiger charge is 2.13. The maximum atomic E-state index is 12.6. The van der Waals surface area contributed by atoms with E-state index < -0.39 is 0 Å². The van der Waals surface area contributed by atoms with Crippen LogP contribution in [0.4, 0.5) is 11.4 Å². The smallest absolute Gasteiger partial charge is 0.291 e. The van der Waals surface area contributed by atoms with Crippen LogP contribution < -0.4 is 10.6 Å². The summed E-state index contributed by atoms with van der Waals surface area (Å²) in [5.74, 6) is -0.426. The zero-order valence-electron chi connectivity index (χ0n) is 15.1. The molecule has 0 radical (unpaired) electrons. The maximum absolute atomic E-state index is 12.6. The number of methoxy groups -OCH3 is 1. The predicted molar refractivity (Wildman–Crippen MR) is 103 cm³/mol. The van der Waals surface area contributed by atoms with E-state index in [-0.39, 0.29) is 17.6 Å². The third-order valence-electron chi connectivity index (χ3n) is 3.99. The summed E-state index contributed by atoms with van der Waals surface area (Å²) < 4.78 is 10.2. The topological polar surface area (TPSA) is 80.6 Å². The second kappa shape index (κ2) is 8.33. The minimum Gasteiger partial charge on any atom is -0.459 e. The first-order chi connectivity index (χ1) is 13.1. The molecule has 2 N–H and O–H groups in total. The van der Waals surface area contributed by atoms with Gasteiger partial charge in [0.2, 0.25) is 0 Å². The van der Waals surface area contributed by atoms with Crippen molar-refractivity contribution in [3.63, 3.8) is 0 Å². The molecule has 3 rings (SSSR count). The number of hydrogen-bond acceptors (Lipinski definition) is 4. The number of furan rings is 1. The van der Waals surface area contributed by atoms with Gasteiger partial charge >= 0.3 is 0 Å². The molecule has 138 valence electrons. The zero-order chi connectivity index (χ0) is 19.2. The summed E-state index contributed by atoms with van der Waals surface area (Å²) in [5, 5.41) is 5.63. The first-order valence-electron chi connectivity index (χ1n) is 8.41. The standard InChI is InChI=1S/C21H20N2O4/c1-14-8-9-16(12-18(14)23-21(25)19-7-4-10-27-19)20(24)22-17-6-3-5-15(11-17)13-26-2/h3-12H,13H2,1-2H3,(H,22,24)(H,23,25). The number of carbonyl (C=O) groups excluding carboxylic acids is 2. The number of amides is 2. The highest BCUT2D eigenvalue weighted by molar-refractivity contribution is 6.07. The fourth-order valence-electron chi connectivity index (χ4n) is 2.60. The molecule has 0 aliphatic heterocycles. The van der Waals surface area contributed by atoms with Gasteiger partial charge in [0.05, 0.1) is 12.9 Å². The summed E-state index contributed by atoms with van der Waals surface area (Å²) in [6.07, 6.45) is 1.43. The van der Waals surface area contributed by atoms with Crippen LogP contribution in [0.2, 0.25) is 0 Å². The number of aryl methyl sites for hydroxylation is 1. The number of anilines is 2. The van der Waals surface area contributed by atoms with Gasteiger partial charge in [0.25, 0.3) is 11.8 Å². The Labute approximate surface area is 157 Å². The number of hydrogen-bond donors (Lipinski definition) is 2. The van der Waals surface area contributed by atoms with Gasteiger partial charge in [-0.2, -0.15) is 0 Å². The van der Waals surface area contributed by atoms with Crippen LogP contribution in [0.15, 0.2) is 65.3 Å². The molecule has 1 heterocycles. The van der Waals surface area contributed by atoms with Crippen molar-refractivity contribution in [1.82, 2.24) is 0 Å². The minimum atomic E-state index is -0.368. The van der Waals surface area contributed by atoms with Crippen LogP contribution in [-0.4, -0.2) is 18.9 Å². The number of nitrogens with one attached hydrogen (secondary N) is 2. The van der Waals surface area contributed by atoms with Crippen molar-refractivity contribution in [1.29, 1.82) is 0 Å². The van der Waals surface area contributed by atoms with Crippen LogP contribution in [-0.2, 0) is 11.3 Å². The van der Waals surface area contributed by atoms with E-state index >= 15 is 0 Å². The van der Waals surface area contributed by atoms with Crippen molar-refractivity contribution in [2.45, 2.75) is 13.5 Å². The van der Waals surface area contributed by atoms with Crippen LogP contribution in [0, 0.1) is 6.92 Å². The number of ether oxygens (including phenoxy) is 1. The van der Waals surface area contributed by atoms with E-state index in [2.05, 4.69) is 10.6 Å². The van der Waals surface area contributed by atoms with E-state index in [1.54, 1.807) is 37.4 Å². The molecule has 0 aliphatic rings. The van der Waals surface area contributed by atoms with Gasteiger partial charge in [-0.1, -0.05) is 18.2 Å². The van der Waals surface area contributed by atoms with E-state index in [1.165, 1.54) is 6.26 Å². The summed E-state index contributed by atoms with van der Waals surface area (Å²) >= 11 is 0. The number of benzene rings is 2. The van der Waals surface area contributed by atoms with E-state index in [4.69, 9.17) is 9.15 Å². The van der Waals surface area contributed by atoms with Gasteiger partial charge in [-0.05, 0) is 54.4 Å². The Kier molecular flexibility index (Phi) is 5.68. The number of rotatable bonds is 6. The van der Waals surface area contributed by atoms with Crippen LogP contribution in [0.5, 0.6) is 0 Å². The monoisotopic (exact) mass is 364 g/mol. The summed E-state index contributed by atoms with van der Waals surface area (Å²) in [6, 6.07) is 15.8. The van der Waals surface area contributed by atoms with Crippen molar-refractivity contribution >= 4 is 23.2 Å². The maximum Gasteiger partial charge on any atom is 0.291 e. The van der Waals surface area contributed by atoms with Crippen LogP contribution in [0.3, 0.4) is 0 Å². The molecular weight excluding hydrogens is 344 g/mol. The lowest BCUT2D eigenvalue weighted by Gasteiger charge is -2.11. The van der Waals surface area contributed by atoms with Crippen molar-refractivity contribution < 1.29 is 18.7 Å². The third-order valence-corrected chi connectivity index (χ3v) is 3.99. The molecule has 6 heteroatoms. The van der Waals surface area contributed by atoms with Crippen molar-refractivity contribution in [2.75, 3.05) is 17.7 Å². The minimum absolute atomic E-state index is 0.208. The Balaban J connectivity index is 1.75. The largest absolute Gasteiger partial charge is 0.459 e. The summed E-state index contributed by atoms with van der Waals surface area (Å²) in [5.41, 5.74) is 3.47. The van der Waals surface area contributed by atoms with Gasteiger partial charge in [0, 0.05) is 24.0 Å². The van der Waals surface area contributed by atoms with E-state index in [0.717, 1.165) is 11.1 Å². The lowest BCUT2D eigenvalue weighted by Crippen LogP contribution is -2.15. The summed E-state index contributed by atoms with van der Waals surface area (Å²) in [4.78, 5) is 24.8. The Morgan fingerprint density at radius 2 is 1.85 bits per heavy atom. The summed E-state index contributed by atoms with van der Waals surface area (Å²) in [6.45, 7) is 2.32. The zero-order valence-corrected chi connectivity index (χ0v) is 15.1. The normalized spacial score (nSPS) is 10.4. The van der Waals surface area contributed by atoms with Gasteiger partial charge < -0.3 is 19.8 Å². The molecule has 0 unspecified atom stereocenters. The van der Waals surface area contributed by atoms with Gasteiger partial charge in [-0.25, -0.2) is 0 Å².